The fraction of sp³-hybridized carbons (Fsp3) is 0.643. The largest absolute Gasteiger partial charge is 0.480 e. The third-order valence-electron chi connectivity index (χ3n) is 2.83. The molecule has 0 spiro atoms. The van der Waals surface area contributed by atoms with Gasteiger partial charge in [0.2, 0.25) is 0 Å². The van der Waals surface area contributed by atoms with Crippen LogP contribution in [0.1, 0.15) is 33.6 Å². The maximum absolute atomic E-state index is 12.2. The molecule has 0 saturated heterocycles. The van der Waals surface area contributed by atoms with Crippen molar-refractivity contribution >= 4 is 18.0 Å². The molecule has 2 amide bonds. The van der Waals surface area contributed by atoms with Gasteiger partial charge >= 0.3 is 18.0 Å². The number of carbonyl (C=O) groups excluding carboxylic acids is 2. The molecule has 7 nitrogen and oxygen atoms in total. The van der Waals surface area contributed by atoms with Crippen molar-refractivity contribution in [1.82, 2.24) is 10.2 Å². The average Bonchev–Trinajstić information content (AvgIpc) is 2.38. The number of esters is 1. The predicted octanol–water partition coefficient (Wildman–Crippen LogP) is 1.39. The van der Waals surface area contributed by atoms with Gasteiger partial charge in [-0.15, -0.1) is 6.58 Å². The SMILES string of the molecule is C=CCN(C(=O)N[C@H](CCC(=O)OC)C(=O)O)C(C)(C)C. The number of ether oxygens (including phenoxy) is 1. The molecule has 0 aliphatic rings. The lowest BCUT2D eigenvalue weighted by Crippen LogP contribution is -2.54. The van der Waals surface area contributed by atoms with Gasteiger partial charge in [-0.1, -0.05) is 6.08 Å². The second-order valence-electron chi connectivity index (χ2n) is 5.53. The summed E-state index contributed by atoms with van der Waals surface area (Å²) >= 11 is 0. The highest BCUT2D eigenvalue weighted by atomic mass is 16.5. The quantitative estimate of drug-likeness (QED) is 0.547. The molecule has 0 unspecified atom stereocenters. The van der Waals surface area contributed by atoms with Gasteiger partial charge in [-0.2, -0.15) is 0 Å². The topological polar surface area (TPSA) is 95.9 Å². The highest BCUT2D eigenvalue weighted by Crippen LogP contribution is 2.14. The maximum Gasteiger partial charge on any atom is 0.326 e. The van der Waals surface area contributed by atoms with Crippen molar-refractivity contribution in [3.63, 3.8) is 0 Å². The first-order chi connectivity index (χ1) is 9.63. The zero-order valence-electron chi connectivity index (χ0n) is 13.0. The third kappa shape index (κ3) is 6.78. The fourth-order valence-corrected chi connectivity index (χ4v) is 1.64. The van der Waals surface area contributed by atoms with Crippen LogP contribution in [-0.2, 0) is 14.3 Å². The van der Waals surface area contributed by atoms with E-state index >= 15 is 0 Å². The summed E-state index contributed by atoms with van der Waals surface area (Å²) in [7, 11) is 1.22. The normalized spacial score (nSPS) is 12.2. The van der Waals surface area contributed by atoms with Gasteiger partial charge in [0, 0.05) is 18.5 Å². The van der Waals surface area contributed by atoms with Gasteiger partial charge in [-0.3, -0.25) is 4.79 Å². The Balaban J connectivity index is 4.82. The Kier molecular flexibility index (Phi) is 7.48. The number of carbonyl (C=O) groups is 3. The van der Waals surface area contributed by atoms with E-state index in [2.05, 4.69) is 16.6 Å². The summed E-state index contributed by atoms with van der Waals surface area (Å²) < 4.78 is 4.46. The molecule has 0 saturated carbocycles. The van der Waals surface area contributed by atoms with Crippen LogP contribution >= 0.6 is 0 Å². The van der Waals surface area contributed by atoms with Crippen LogP contribution in [-0.4, -0.2) is 53.2 Å². The summed E-state index contributed by atoms with van der Waals surface area (Å²) in [5.41, 5.74) is -0.482. The molecule has 2 N–H and O–H groups in total. The first kappa shape index (κ1) is 18.9. The van der Waals surface area contributed by atoms with E-state index in [0.29, 0.717) is 6.54 Å². The van der Waals surface area contributed by atoms with Crippen molar-refractivity contribution < 1.29 is 24.2 Å². The van der Waals surface area contributed by atoms with E-state index in [1.165, 1.54) is 12.0 Å². The number of carboxylic acid groups (broad SMARTS) is 1. The fourth-order valence-electron chi connectivity index (χ4n) is 1.64. The molecule has 0 aliphatic heterocycles. The lowest BCUT2D eigenvalue weighted by atomic mass is 10.1. The molecule has 0 aromatic carbocycles. The van der Waals surface area contributed by atoms with Gasteiger partial charge in [0.25, 0.3) is 0 Å². The molecule has 21 heavy (non-hydrogen) atoms. The molecule has 0 aliphatic carbocycles. The first-order valence-corrected chi connectivity index (χ1v) is 6.62. The monoisotopic (exact) mass is 300 g/mol. The van der Waals surface area contributed by atoms with Gasteiger partial charge in [0.05, 0.1) is 7.11 Å². The van der Waals surface area contributed by atoms with E-state index in [0.717, 1.165) is 0 Å². The number of hydrogen-bond acceptors (Lipinski definition) is 4. The van der Waals surface area contributed by atoms with Crippen LogP contribution in [0.2, 0.25) is 0 Å². The molecular weight excluding hydrogens is 276 g/mol. The molecule has 0 aromatic rings. The number of amides is 2. The highest BCUT2D eigenvalue weighted by molar-refractivity contribution is 5.83. The Labute approximate surface area is 124 Å². The standard InChI is InChI=1S/C14H24N2O5/c1-6-9-16(14(2,3)4)13(20)15-10(12(18)19)7-8-11(17)21-5/h6,10H,1,7-9H2,2-5H3,(H,15,20)(H,18,19)/t10-/m1/s1. The predicted molar refractivity (Wildman–Crippen MR) is 77.9 cm³/mol. The summed E-state index contributed by atoms with van der Waals surface area (Å²) in [5.74, 6) is -1.71. The van der Waals surface area contributed by atoms with Gasteiger partial charge in [0.15, 0.2) is 0 Å². The summed E-state index contributed by atoms with van der Waals surface area (Å²) in [6.45, 7) is 9.37. The van der Waals surface area contributed by atoms with E-state index in [4.69, 9.17) is 5.11 Å². The molecule has 0 fully saturated rings. The van der Waals surface area contributed by atoms with Gasteiger partial charge in [0.1, 0.15) is 6.04 Å². The second kappa shape index (κ2) is 8.28. The molecule has 1 atom stereocenters. The van der Waals surface area contributed by atoms with Crippen LogP contribution < -0.4 is 5.32 Å². The summed E-state index contributed by atoms with van der Waals surface area (Å²) in [6.07, 6.45) is 1.46. The zero-order chi connectivity index (χ0) is 16.6. The lowest BCUT2D eigenvalue weighted by Gasteiger charge is -2.35. The number of nitrogens with one attached hydrogen (secondary N) is 1. The number of carboxylic acids is 1. The summed E-state index contributed by atoms with van der Waals surface area (Å²) in [4.78, 5) is 35.9. The first-order valence-electron chi connectivity index (χ1n) is 6.62. The molecule has 0 bridgehead atoms. The minimum atomic E-state index is -1.19. The van der Waals surface area contributed by atoms with Crippen molar-refractivity contribution in [3.05, 3.63) is 12.7 Å². The van der Waals surface area contributed by atoms with Crippen LogP contribution in [0, 0.1) is 0 Å². The Morgan fingerprint density at radius 2 is 1.95 bits per heavy atom. The lowest BCUT2D eigenvalue weighted by molar-refractivity contribution is -0.142. The smallest absolute Gasteiger partial charge is 0.326 e. The summed E-state index contributed by atoms with van der Waals surface area (Å²) in [6, 6.07) is -1.66. The Morgan fingerprint density at radius 1 is 1.38 bits per heavy atom. The Morgan fingerprint density at radius 3 is 2.33 bits per heavy atom. The van der Waals surface area contributed by atoms with Crippen molar-refractivity contribution in [2.75, 3.05) is 13.7 Å². The van der Waals surface area contributed by atoms with Crippen molar-refractivity contribution in [3.8, 4) is 0 Å². The number of aliphatic carboxylic acids is 1. The average molecular weight is 300 g/mol. The number of nitrogens with zero attached hydrogens (tertiary/aromatic N) is 1. The minimum Gasteiger partial charge on any atom is -0.480 e. The molecule has 7 heteroatoms. The Bertz CT molecular complexity index is 401. The van der Waals surface area contributed by atoms with E-state index in [-0.39, 0.29) is 12.8 Å². The van der Waals surface area contributed by atoms with Crippen molar-refractivity contribution in [1.29, 1.82) is 0 Å². The van der Waals surface area contributed by atoms with E-state index in [9.17, 15) is 14.4 Å². The van der Waals surface area contributed by atoms with E-state index < -0.39 is 29.6 Å². The number of urea groups is 1. The minimum absolute atomic E-state index is 0.0280. The van der Waals surface area contributed by atoms with Gasteiger partial charge in [-0.25, -0.2) is 9.59 Å². The van der Waals surface area contributed by atoms with Crippen LogP contribution in [0.5, 0.6) is 0 Å². The van der Waals surface area contributed by atoms with E-state index in [1.54, 1.807) is 6.08 Å². The third-order valence-corrected chi connectivity index (χ3v) is 2.83. The molecule has 0 radical (unpaired) electrons. The van der Waals surface area contributed by atoms with Crippen LogP contribution in [0.25, 0.3) is 0 Å². The molecular formula is C14H24N2O5. The zero-order valence-corrected chi connectivity index (χ0v) is 13.0. The highest BCUT2D eigenvalue weighted by Gasteiger charge is 2.29. The number of hydrogen-bond donors (Lipinski definition) is 2. The van der Waals surface area contributed by atoms with Crippen molar-refractivity contribution in [2.24, 2.45) is 0 Å². The van der Waals surface area contributed by atoms with Crippen LogP contribution in [0.3, 0.4) is 0 Å². The maximum atomic E-state index is 12.2. The number of methoxy groups -OCH3 is 1. The van der Waals surface area contributed by atoms with Crippen molar-refractivity contribution in [2.45, 2.75) is 45.2 Å². The van der Waals surface area contributed by atoms with Crippen LogP contribution in [0.15, 0.2) is 12.7 Å². The van der Waals surface area contributed by atoms with E-state index in [1.807, 2.05) is 20.8 Å². The van der Waals surface area contributed by atoms with Gasteiger partial charge < -0.3 is 20.1 Å². The molecule has 0 rings (SSSR count). The molecule has 120 valence electrons. The molecule has 0 aromatic heterocycles. The molecule has 0 heterocycles. The Hall–Kier alpha value is -2.05. The summed E-state index contributed by atoms with van der Waals surface area (Å²) in [5, 5.41) is 11.5. The number of rotatable bonds is 7. The second-order valence-corrected chi connectivity index (χ2v) is 5.53. The van der Waals surface area contributed by atoms with Gasteiger partial charge in [-0.05, 0) is 27.2 Å². The van der Waals surface area contributed by atoms with Crippen LogP contribution in [0.4, 0.5) is 4.79 Å².